The molecule has 0 radical (unpaired) electrons. The lowest BCUT2D eigenvalue weighted by atomic mass is 10.1. The van der Waals surface area contributed by atoms with E-state index in [-0.39, 0.29) is 6.04 Å². The zero-order valence-electron chi connectivity index (χ0n) is 14.1. The molecular weight excluding hydrogens is 322 g/mol. The molecule has 4 nitrogen and oxygen atoms in total. The van der Waals surface area contributed by atoms with Crippen molar-refractivity contribution in [1.82, 2.24) is 4.31 Å². The molecule has 5 heteroatoms. The van der Waals surface area contributed by atoms with E-state index in [1.165, 1.54) is 5.56 Å². The fourth-order valence-corrected chi connectivity index (χ4v) is 4.49. The van der Waals surface area contributed by atoms with Crippen LogP contribution in [0.4, 0.5) is 0 Å². The van der Waals surface area contributed by atoms with Gasteiger partial charge in [-0.1, -0.05) is 29.8 Å². The van der Waals surface area contributed by atoms with E-state index >= 15 is 0 Å². The molecule has 1 saturated heterocycles. The van der Waals surface area contributed by atoms with Crippen molar-refractivity contribution in [1.29, 1.82) is 0 Å². The molecule has 0 aliphatic carbocycles. The molecule has 1 aliphatic heterocycles. The van der Waals surface area contributed by atoms with Gasteiger partial charge in [0.05, 0.1) is 12.0 Å². The number of ether oxygens (including phenoxy) is 1. The summed E-state index contributed by atoms with van der Waals surface area (Å²) in [6.07, 6.45) is 2.84. The molecule has 2 unspecified atom stereocenters. The molecule has 1 fully saturated rings. The van der Waals surface area contributed by atoms with Crippen LogP contribution in [-0.2, 0) is 16.4 Å². The van der Waals surface area contributed by atoms with Gasteiger partial charge in [0, 0.05) is 12.6 Å². The Morgan fingerprint density at radius 2 is 1.75 bits per heavy atom. The smallest absolute Gasteiger partial charge is 0.243 e. The first-order valence-corrected chi connectivity index (χ1v) is 9.66. The van der Waals surface area contributed by atoms with Crippen molar-refractivity contribution in [3.05, 3.63) is 59.7 Å². The predicted molar refractivity (Wildman–Crippen MR) is 94.8 cm³/mol. The molecule has 1 heterocycles. The van der Waals surface area contributed by atoms with Crippen LogP contribution < -0.4 is 4.74 Å². The summed E-state index contributed by atoms with van der Waals surface area (Å²) >= 11 is 0. The van der Waals surface area contributed by atoms with E-state index in [2.05, 4.69) is 12.1 Å². The summed E-state index contributed by atoms with van der Waals surface area (Å²) < 4.78 is 31.8. The lowest BCUT2D eigenvalue weighted by Gasteiger charge is -2.07. The van der Waals surface area contributed by atoms with Gasteiger partial charge in [-0.05, 0) is 56.0 Å². The first kappa shape index (κ1) is 17.0. The highest BCUT2D eigenvalue weighted by Crippen LogP contribution is 2.31. The average Bonchev–Trinajstić information content (AvgIpc) is 3.36. The molecule has 2 aromatic rings. The van der Waals surface area contributed by atoms with Gasteiger partial charge in [-0.15, -0.1) is 0 Å². The van der Waals surface area contributed by atoms with Gasteiger partial charge < -0.3 is 4.74 Å². The van der Waals surface area contributed by atoms with Crippen LogP contribution in [0, 0.1) is 6.92 Å². The second kappa shape index (κ2) is 6.95. The molecular formula is C19H23NO3S. The number of hydrogen-bond acceptors (Lipinski definition) is 3. The Bertz CT molecular complexity index is 782. The highest BCUT2D eigenvalue weighted by molar-refractivity contribution is 7.89. The van der Waals surface area contributed by atoms with Crippen LogP contribution in [0.5, 0.6) is 5.75 Å². The molecule has 0 spiro atoms. The summed E-state index contributed by atoms with van der Waals surface area (Å²) in [5.41, 5.74) is 2.32. The molecule has 0 saturated carbocycles. The molecule has 128 valence electrons. The molecule has 0 amide bonds. The maximum absolute atomic E-state index is 12.5. The third-order valence-electron chi connectivity index (χ3n) is 4.45. The van der Waals surface area contributed by atoms with Gasteiger partial charge in [-0.2, -0.15) is 4.31 Å². The zero-order chi connectivity index (χ0) is 17.2. The van der Waals surface area contributed by atoms with Crippen LogP contribution in [0.2, 0.25) is 0 Å². The van der Waals surface area contributed by atoms with Crippen LogP contribution in [0.3, 0.4) is 0 Å². The molecule has 0 bridgehead atoms. The molecule has 0 N–H and O–H groups in total. The standard InChI is InChI=1S/C19H23NO3S/c1-15-6-12-19(13-7-15)24(21,22)20-14-17(20)5-3-4-16-8-10-18(23-2)11-9-16/h6-13,17H,3-5,14H2,1-2H3. The Hall–Kier alpha value is -1.85. The van der Waals surface area contributed by atoms with E-state index in [4.69, 9.17) is 4.74 Å². The quantitative estimate of drug-likeness (QED) is 0.723. The highest BCUT2D eigenvalue weighted by atomic mass is 32.2. The minimum atomic E-state index is -3.32. The Balaban J connectivity index is 1.51. The van der Waals surface area contributed by atoms with Crippen LogP contribution in [0.1, 0.15) is 24.0 Å². The number of methoxy groups -OCH3 is 1. The predicted octanol–water partition coefficient (Wildman–Crippen LogP) is 3.40. The normalized spacial score (nSPS) is 19.9. The number of nitrogens with zero attached hydrogens (tertiary/aromatic N) is 1. The van der Waals surface area contributed by atoms with E-state index in [1.807, 2.05) is 31.2 Å². The van der Waals surface area contributed by atoms with E-state index in [9.17, 15) is 8.42 Å². The van der Waals surface area contributed by atoms with Crippen LogP contribution in [0.25, 0.3) is 0 Å². The molecule has 24 heavy (non-hydrogen) atoms. The van der Waals surface area contributed by atoms with E-state index in [0.29, 0.717) is 11.4 Å². The lowest BCUT2D eigenvalue weighted by molar-refractivity contribution is 0.414. The minimum Gasteiger partial charge on any atom is -0.497 e. The maximum atomic E-state index is 12.5. The van der Waals surface area contributed by atoms with Gasteiger partial charge in [-0.25, -0.2) is 8.42 Å². The summed E-state index contributed by atoms with van der Waals surface area (Å²) in [7, 11) is -1.66. The summed E-state index contributed by atoms with van der Waals surface area (Å²) in [5, 5.41) is 0. The van der Waals surface area contributed by atoms with Gasteiger partial charge >= 0.3 is 0 Å². The Morgan fingerprint density at radius 3 is 2.38 bits per heavy atom. The van der Waals surface area contributed by atoms with Gasteiger partial charge in [0.1, 0.15) is 5.75 Å². The maximum Gasteiger partial charge on any atom is 0.243 e. The van der Waals surface area contributed by atoms with Gasteiger partial charge in [0.2, 0.25) is 10.0 Å². The number of benzene rings is 2. The monoisotopic (exact) mass is 345 g/mol. The third-order valence-corrected chi connectivity index (χ3v) is 6.39. The summed E-state index contributed by atoms with van der Waals surface area (Å²) in [5.74, 6) is 0.858. The van der Waals surface area contributed by atoms with E-state index in [0.717, 1.165) is 30.6 Å². The first-order chi connectivity index (χ1) is 11.5. The Kier molecular flexibility index (Phi) is 4.92. The van der Waals surface area contributed by atoms with Crippen molar-refractivity contribution >= 4 is 10.0 Å². The van der Waals surface area contributed by atoms with Crippen molar-refractivity contribution < 1.29 is 13.2 Å². The Labute approximate surface area is 144 Å². The highest BCUT2D eigenvalue weighted by Gasteiger charge is 2.43. The van der Waals surface area contributed by atoms with E-state index < -0.39 is 10.0 Å². The van der Waals surface area contributed by atoms with Crippen molar-refractivity contribution in [2.75, 3.05) is 13.7 Å². The summed E-state index contributed by atoms with van der Waals surface area (Å²) in [6.45, 7) is 2.59. The lowest BCUT2D eigenvalue weighted by Crippen LogP contribution is -2.14. The SMILES string of the molecule is COc1ccc(CCCC2CN2S(=O)(=O)c2ccc(C)cc2)cc1. The van der Waals surface area contributed by atoms with Gasteiger partial charge in [0.15, 0.2) is 0 Å². The van der Waals surface area contributed by atoms with Crippen LogP contribution >= 0.6 is 0 Å². The van der Waals surface area contributed by atoms with Crippen molar-refractivity contribution in [2.45, 2.75) is 37.1 Å². The number of aryl methyl sites for hydroxylation is 2. The largest absolute Gasteiger partial charge is 0.497 e. The molecule has 2 atom stereocenters. The summed E-state index contributed by atoms with van der Waals surface area (Å²) in [6, 6.07) is 15.3. The van der Waals surface area contributed by atoms with Crippen LogP contribution in [0.15, 0.2) is 53.4 Å². The number of hydrogen-bond donors (Lipinski definition) is 0. The average molecular weight is 345 g/mol. The number of rotatable bonds is 7. The fourth-order valence-electron chi connectivity index (χ4n) is 2.87. The molecule has 2 aromatic carbocycles. The van der Waals surface area contributed by atoms with Crippen molar-refractivity contribution in [2.24, 2.45) is 0 Å². The Morgan fingerprint density at radius 1 is 1.08 bits per heavy atom. The van der Waals surface area contributed by atoms with Gasteiger partial charge in [-0.3, -0.25) is 0 Å². The molecule has 0 aromatic heterocycles. The third kappa shape index (κ3) is 3.79. The minimum absolute atomic E-state index is 0.148. The summed E-state index contributed by atoms with van der Waals surface area (Å²) in [4.78, 5) is 0.394. The van der Waals surface area contributed by atoms with E-state index in [1.54, 1.807) is 23.5 Å². The first-order valence-electron chi connectivity index (χ1n) is 8.22. The van der Waals surface area contributed by atoms with Crippen molar-refractivity contribution in [3.63, 3.8) is 0 Å². The van der Waals surface area contributed by atoms with Gasteiger partial charge in [0.25, 0.3) is 0 Å². The molecule has 1 aliphatic rings. The van der Waals surface area contributed by atoms with Crippen molar-refractivity contribution in [3.8, 4) is 5.75 Å². The second-order valence-electron chi connectivity index (χ2n) is 6.28. The molecule has 3 rings (SSSR count). The zero-order valence-corrected chi connectivity index (χ0v) is 14.9. The topological polar surface area (TPSA) is 46.4 Å². The fraction of sp³-hybridized carbons (Fsp3) is 0.368. The van der Waals surface area contributed by atoms with Crippen LogP contribution in [-0.4, -0.2) is 32.4 Å². The number of sulfonamides is 1. The second-order valence-corrected chi connectivity index (χ2v) is 8.17.